The highest BCUT2D eigenvalue weighted by Crippen LogP contribution is 2.33. The Labute approximate surface area is 95.6 Å². The number of aryl methyl sites for hydroxylation is 1. The number of halogens is 1. The van der Waals surface area contributed by atoms with Crippen molar-refractivity contribution in [3.63, 3.8) is 0 Å². The van der Waals surface area contributed by atoms with E-state index in [-0.39, 0.29) is 0 Å². The normalized spacial score (nSPS) is 13.1. The molecule has 74 valence electrons. The highest BCUT2D eigenvalue weighted by Gasteiger charge is 2.15. The predicted octanol–water partition coefficient (Wildman–Crippen LogP) is 3.85. The van der Waals surface area contributed by atoms with Gasteiger partial charge < -0.3 is 5.11 Å². The molecule has 1 N–H and O–H groups in total. The van der Waals surface area contributed by atoms with Crippen LogP contribution in [0.1, 0.15) is 22.1 Å². The Morgan fingerprint density at radius 3 is 2.64 bits per heavy atom. The van der Waals surface area contributed by atoms with Gasteiger partial charge in [-0.15, -0.1) is 11.3 Å². The van der Waals surface area contributed by atoms with Gasteiger partial charge in [-0.2, -0.15) is 11.3 Å². The van der Waals surface area contributed by atoms with Crippen molar-refractivity contribution in [2.75, 3.05) is 0 Å². The molecule has 1 unspecified atom stereocenters. The van der Waals surface area contributed by atoms with Crippen molar-refractivity contribution in [1.29, 1.82) is 0 Å². The molecule has 2 heterocycles. The second kappa shape index (κ2) is 4.03. The minimum Gasteiger partial charge on any atom is -0.383 e. The first-order valence-corrected chi connectivity index (χ1v) is 6.28. The topological polar surface area (TPSA) is 20.2 Å². The average Bonchev–Trinajstić information content (AvgIpc) is 2.73. The third-order valence-corrected chi connectivity index (χ3v) is 4.22. The molecule has 1 atom stereocenters. The van der Waals surface area contributed by atoms with Gasteiger partial charge in [-0.25, -0.2) is 0 Å². The molecular formula is C10H9ClOS2. The van der Waals surface area contributed by atoms with Crippen LogP contribution in [0.5, 0.6) is 0 Å². The zero-order chi connectivity index (χ0) is 10.1. The third kappa shape index (κ3) is 1.86. The molecule has 0 bridgehead atoms. The molecule has 2 aromatic rings. The van der Waals surface area contributed by atoms with Crippen LogP contribution in [0.15, 0.2) is 22.9 Å². The van der Waals surface area contributed by atoms with Gasteiger partial charge in [0.1, 0.15) is 6.10 Å². The van der Waals surface area contributed by atoms with Crippen LogP contribution < -0.4 is 0 Å². The molecular weight excluding hydrogens is 236 g/mol. The minimum absolute atomic E-state index is 0.529. The van der Waals surface area contributed by atoms with Crippen LogP contribution in [-0.2, 0) is 0 Å². The lowest BCUT2D eigenvalue weighted by molar-refractivity contribution is 0.224. The first-order chi connectivity index (χ1) is 6.68. The molecule has 1 nitrogen and oxygen atoms in total. The lowest BCUT2D eigenvalue weighted by Gasteiger charge is -2.07. The van der Waals surface area contributed by atoms with Gasteiger partial charge in [0.05, 0.1) is 4.34 Å². The van der Waals surface area contributed by atoms with Crippen LogP contribution >= 0.6 is 34.3 Å². The minimum atomic E-state index is -0.529. The molecule has 0 saturated carbocycles. The fraction of sp³-hybridized carbons (Fsp3) is 0.200. The van der Waals surface area contributed by atoms with E-state index in [1.54, 1.807) is 11.3 Å². The van der Waals surface area contributed by atoms with E-state index in [0.29, 0.717) is 4.34 Å². The summed E-state index contributed by atoms with van der Waals surface area (Å²) < 4.78 is 0.715. The summed E-state index contributed by atoms with van der Waals surface area (Å²) in [7, 11) is 0. The standard InChI is InChI=1S/C10H9ClOS2/c1-6-4-13-5-7(6)10(12)8-2-3-9(11)14-8/h2-5,10,12H,1H3. The summed E-state index contributed by atoms with van der Waals surface area (Å²) in [6.45, 7) is 2.00. The zero-order valence-corrected chi connectivity index (χ0v) is 9.92. The SMILES string of the molecule is Cc1cscc1C(O)c1ccc(Cl)s1. The van der Waals surface area contributed by atoms with Crippen LogP contribution in [0.2, 0.25) is 4.34 Å². The zero-order valence-electron chi connectivity index (χ0n) is 7.53. The van der Waals surface area contributed by atoms with Crippen molar-refractivity contribution < 1.29 is 5.11 Å². The van der Waals surface area contributed by atoms with Crippen LogP contribution in [0.25, 0.3) is 0 Å². The maximum atomic E-state index is 10.0. The number of hydrogen-bond donors (Lipinski definition) is 1. The van der Waals surface area contributed by atoms with Gasteiger partial charge >= 0.3 is 0 Å². The highest BCUT2D eigenvalue weighted by atomic mass is 35.5. The molecule has 14 heavy (non-hydrogen) atoms. The largest absolute Gasteiger partial charge is 0.383 e. The summed E-state index contributed by atoms with van der Waals surface area (Å²) in [4.78, 5) is 0.900. The molecule has 0 amide bonds. The number of aliphatic hydroxyl groups is 1. The molecule has 0 aliphatic rings. The summed E-state index contributed by atoms with van der Waals surface area (Å²) in [6, 6.07) is 3.68. The van der Waals surface area contributed by atoms with Crippen molar-refractivity contribution in [2.24, 2.45) is 0 Å². The molecule has 0 fully saturated rings. The smallest absolute Gasteiger partial charge is 0.114 e. The number of thiophene rings is 2. The summed E-state index contributed by atoms with van der Waals surface area (Å²) in [6.07, 6.45) is -0.529. The third-order valence-electron chi connectivity index (χ3n) is 2.05. The molecule has 0 spiro atoms. The lowest BCUT2D eigenvalue weighted by Crippen LogP contribution is -1.96. The predicted molar refractivity (Wildman–Crippen MR) is 62.4 cm³/mol. The van der Waals surface area contributed by atoms with Gasteiger partial charge in [0.25, 0.3) is 0 Å². The van der Waals surface area contributed by atoms with Gasteiger partial charge in [0.15, 0.2) is 0 Å². The molecule has 2 aromatic heterocycles. The van der Waals surface area contributed by atoms with E-state index >= 15 is 0 Å². The second-order valence-electron chi connectivity index (χ2n) is 3.05. The fourth-order valence-electron chi connectivity index (χ4n) is 1.28. The Bertz CT molecular complexity index is 433. The second-order valence-corrected chi connectivity index (χ2v) is 5.54. The molecule has 0 aliphatic carbocycles. The van der Waals surface area contributed by atoms with Gasteiger partial charge in [0.2, 0.25) is 0 Å². The molecule has 0 saturated heterocycles. The van der Waals surface area contributed by atoms with Gasteiger partial charge in [0, 0.05) is 4.88 Å². The Hall–Kier alpha value is -0.350. The van der Waals surface area contributed by atoms with E-state index in [1.165, 1.54) is 11.3 Å². The quantitative estimate of drug-likeness (QED) is 0.851. The van der Waals surface area contributed by atoms with Crippen molar-refractivity contribution >= 4 is 34.3 Å². The van der Waals surface area contributed by atoms with Gasteiger partial charge in [-0.3, -0.25) is 0 Å². The fourth-order valence-corrected chi connectivity index (χ4v) is 3.21. The number of aliphatic hydroxyl groups excluding tert-OH is 1. The highest BCUT2D eigenvalue weighted by molar-refractivity contribution is 7.16. The van der Waals surface area contributed by atoms with E-state index in [1.807, 2.05) is 29.8 Å². The summed E-state index contributed by atoms with van der Waals surface area (Å²) in [5, 5.41) is 14.0. The van der Waals surface area contributed by atoms with E-state index in [4.69, 9.17) is 11.6 Å². The summed E-state index contributed by atoms with van der Waals surface area (Å²) in [5.74, 6) is 0. The van der Waals surface area contributed by atoms with Crippen molar-refractivity contribution in [3.8, 4) is 0 Å². The average molecular weight is 245 g/mol. The van der Waals surface area contributed by atoms with E-state index in [2.05, 4.69) is 0 Å². The van der Waals surface area contributed by atoms with Gasteiger partial charge in [-0.1, -0.05) is 11.6 Å². The molecule has 0 radical (unpaired) electrons. The van der Waals surface area contributed by atoms with Crippen molar-refractivity contribution in [2.45, 2.75) is 13.0 Å². The molecule has 4 heteroatoms. The maximum Gasteiger partial charge on any atom is 0.114 e. The van der Waals surface area contributed by atoms with Crippen LogP contribution in [0.4, 0.5) is 0 Å². The van der Waals surface area contributed by atoms with Crippen LogP contribution in [0.3, 0.4) is 0 Å². The van der Waals surface area contributed by atoms with E-state index < -0.39 is 6.10 Å². The first-order valence-electron chi connectivity index (χ1n) is 4.14. The summed E-state index contributed by atoms with van der Waals surface area (Å²) in [5.41, 5.74) is 2.11. The first kappa shape index (κ1) is 10.2. The maximum absolute atomic E-state index is 10.0. The lowest BCUT2D eigenvalue weighted by atomic mass is 10.1. The number of rotatable bonds is 2. The Kier molecular flexibility index (Phi) is 2.93. The Balaban J connectivity index is 2.33. The van der Waals surface area contributed by atoms with E-state index in [0.717, 1.165) is 16.0 Å². The molecule has 0 aliphatic heterocycles. The molecule has 2 rings (SSSR count). The van der Waals surface area contributed by atoms with E-state index in [9.17, 15) is 5.11 Å². The Morgan fingerprint density at radius 2 is 2.14 bits per heavy atom. The monoisotopic (exact) mass is 244 g/mol. The van der Waals surface area contributed by atoms with Crippen molar-refractivity contribution in [3.05, 3.63) is 43.2 Å². The molecule has 0 aromatic carbocycles. The van der Waals surface area contributed by atoms with Crippen LogP contribution in [-0.4, -0.2) is 5.11 Å². The summed E-state index contributed by atoms with van der Waals surface area (Å²) >= 11 is 8.85. The Morgan fingerprint density at radius 1 is 1.36 bits per heavy atom. The number of hydrogen-bond acceptors (Lipinski definition) is 3. The van der Waals surface area contributed by atoms with Crippen LogP contribution in [0, 0.1) is 6.92 Å². The van der Waals surface area contributed by atoms with Gasteiger partial charge in [-0.05, 0) is 40.9 Å². The van der Waals surface area contributed by atoms with Crippen molar-refractivity contribution in [1.82, 2.24) is 0 Å².